The van der Waals surface area contributed by atoms with Gasteiger partial charge in [-0.05, 0) is 50.8 Å². The fraction of sp³-hybridized carbons (Fsp3) is 0.450. The number of aliphatic carboxylic acids is 1. The van der Waals surface area contributed by atoms with E-state index in [-0.39, 0.29) is 18.0 Å². The summed E-state index contributed by atoms with van der Waals surface area (Å²) in [6.45, 7) is 1.80. The van der Waals surface area contributed by atoms with Crippen LogP contribution < -0.4 is 5.32 Å². The van der Waals surface area contributed by atoms with Crippen LogP contribution >= 0.6 is 0 Å². The first-order valence-electron chi connectivity index (χ1n) is 9.26. The first-order valence-corrected chi connectivity index (χ1v) is 9.26. The number of rotatable bonds is 3. The van der Waals surface area contributed by atoms with Crippen LogP contribution in [0.4, 0.5) is 13.2 Å². The number of fused-ring (bicyclic) bond motifs is 1. The number of benzene rings is 1. The third kappa shape index (κ3) is 4.44. The lowest BCUT2D eigenvalue weighted by atomic mass is 9.98. The Labute approximate surface area is 165 Å². The smallest absolute Gasteiger partial charge is 0.416 e. The number of hydrogen-bond acceptors (Lipinski definition) is 3. The van der Waals surface area contributed by atoms with Crippen molar-refractivity contribution >= 4 is 17.8 Å². The monoisotopic (exact) mass is 410 g/mol. The number of nitrogens with one attached hydrogen (secondary N) is 1. The molecular formula is C20H21F3N2O4. The summed E-state index contributed by atoms with van der Waals surface area (Å²) in [6.07, 6.45) is -1.11. The predicted molar refractivity (Wildman–Crippen MR) is 97.0 cm³/mol. The molecule has 2 amide bonds. The van der Waals surface area contributed by atoms with Crippen molar-refractivity contribution in [3.63, 3.8) is 0 Å². The summed E-state index contributed by atoms with van der Waals surface area (Å²) in [7, 11) is 0. The van der Waals surface area contributed by atoms with Crippen molar-refractivity contribution in [1.29, 1.82) is 0 Å². The molecule has 2 N–H and O–H groups in total. The number of carbonyl (C=O) groups excluding carboxylic acids is 2. The van der Waals surface area contributed by atoms with Crippen molar-refractivity contribution in [3.8, 4) is 0 Å². The lowest BCUT2D eigenvalue weighted by Gasteiger charge is -2.33. The highest BCUT2D eigenvalue weighted by atomic mass is 19.4. The highest BCUT2D eigenvalue weighted by Crippen LogP contribution is 2.31. The maximum Gasteiger partial charge on any atom is 0.416 e. The molecule has 0 unspecified atom stereocenters. The molecule has 6 nitrogen and oxygen atoms in total. The molecule has 3 rings (SSSR count). The number of alkyl halides is 3. The number of halogens is 3. The molecule has 0 bridgehead atoms. The van der Waals surface area contributed by atoms with Gasteiger partial charge in [-0.3, -0.25) is 9.59 Å². The summed E-state index contributed by atoms with van der Waals surface area (Å²) >= 11 is 0. The van der Waals surface area contributed by atoms with E-state index in [9.17, 15) is 32.7 Å². The van der Waals surface area contributed by atoms with E-state index in [4.69, 9.17) is 0 Å². The van der Waals surface area contributed by atoms with Gasteiger partial charge in [-0.15, -0.1) is 0 Å². The highest BCUT2D eigenvalue weighted by Gasteiger charge is 2.43. The van der Waals surface area contributed by atoms with Crippen molar-refractivity contribution in [2.45, 2.75) is 56.9 Å². The Morgan fingerprint density at radius 2 is 1.97 bits per heavy atom. The van der Waals surface area contributed by atoms with Crippen LogP contribution in [0, 0.1) is 0 Å². The van der Waals surface area contributed by atoms with Crippen molar-refractivity contribution in [2.75, 3.05) is 0 Å². The lowest BCUT2D eigenvalue weighted by Crippen LogP contribution is -2.54. The fourth-order valence-electron chi connectivity index (χ4n) is 3.89. The minimum atomic E-state index is -4.59. The lowest BCUT2D eigenvalue weighted by molar-refractivity contribution is -0.150. The van der Waals surface area contributed by atoms with Crippen LogP contribution in [0.3, 0.4) is 0 Å². The predicted octanol–water partition coefficient (Wildman–Crippen LogP) is 2.99. The van der Waals surface area contributed by atoms with Crippen LogP contribution in [0.5, 0.6) is 0 Å². The maximum atomic E-state index is 13.1. The Bertz CT molecular complexity index is 866. The number of carboxylic acids is 1. The van der Waals surface area contributed by atoms with Gasteiger partial charge in [0.15, 0.2) is 0 Å². The summed E-state index contributed by atoms with van der Waals surface area (Å²) in [5.74, 6) is -2.44. The van der Waals surface area contributed by atoms with E-state index >= 15 is 0 Å². The molecule has 1 saturated heterocycles. The van der Waals surface area contributed by atoms with Gasteiger partial charge < -0.3 is 15.3 Å². The van der Waals surface area contributed by atoms with E-state index in [2.05, 4.69) is 5.32 Å². The van der Waals surface area contributed by atoms with Crippen LogP contribution in [0.15, 0.2) is 35.9 Å². The second-order valence-electron chi connectivity index (χ2n) is 7.43. The molecule has 3 atom stereocenters. The first kappa shape index (κ1) is 20.9. The topological polar surface area (TPSA) is 86.7 Å². The highest BCUT2D eigenvalue weighted by molar-refractivity contribution is 5.98. The van der Waals surface area contributed by atoms with Crippen LogP contribution in [0.25, 0.3) is 0 Å². The fourth-order valence-corrected chi connectivity index (χ4v) is 3.89. The van der Waals surface area contributed by atoms with Gasteiger partial charge in [0.25, 0.3) is 5.91 Å². The number of carbonyl (C=O) groups is 3. The number of carboxylic acid groups (broad SMARTS) is 1. The zero-order valence-corrected chi connectivity index (χ0v) is 15.7. The zero-order valence-electron chi connectivity index (χ0n) is 15.7. The van der Waals surface area contributed by atoms with Gasteiger partial charge in [0.2, 0.25) is 5.91 Å². The van der Waals surface area contributed by atoms with Gasteiger partial charge >= 0.3 is 12.1 Å². The molecule has 2 aliphatic heterocycles. The molecule has 1 aromatic carbocycles. The summed E-state index contributed by atoms with van der Waals surface area (Å²) in [4.78, 5) is 38.5. The van der Waals surface area contributed by atoms with Crippen LogP contribution in [-0.2, 0) is 15.8 Å². The van der Waals surface area contributed by atoms with Crippen molar-refractivity contribution in [1.82, 2.24) is 10.2 Å². The summed E-state index contributed by atoms with van der Waals surface area (Å²) in [5.41, 5.74) is -0.328. The number of hydrogen-bond donors (Lipinski definition) is 2. The van der Waals surface area contributed by atoms with E-state index in [0.717, 1.165) is 23.8 Å². The quantitative estimate of drug-likeness (QED) is 0.750. The molecule has 29 heavy (non-hydrogen) atoms. The summed E-state index contributed by atoms with van der Waals surface area (Å²) < 4.78 is 38.7. The molecule has 156 valence electrons. The number of amides is 2. The molecule has 0 aromatic heterocycles. The SMILES string of the molecule is CC1=CC[C@H]2CC[C@@H](C(=O)O)N2C(=O)[C@@H](NC(=O)c2cccc(C(F)(F)F)c2)C1. The average molecular weight is 410 g/mol. The van der Waals surface area contributed by atoms with Crippen molar-refractivity contribution in [2.24, 2.45) is 0 Å². The van der Waals surface area contributed by atoms with Gasteiger partial charge in [-0.2, -0.15) is 13.2 Å². The molecule has 0 saturated carbocycles. The largest absolute Gasteiger partial charge is 0.480 e. The maximum absolute atomic E-state index is 13.1. The first-order chi connectivity index (χ1) is 13.6. The van der Waals surface area contributed by atoms with Crippen LogP contribution in [0.2, 0.25) is 0 Å². The molecule has 0 spiro atoms. The zero-order chi connectivity index (χ0) is 21.3. The second kappa shape index (κ2) is 7.88. The van der Waals surface area contributed by atoms with E-state index in [1.165, 1.54) is 11.0 Å². The van der Waals surface area contributed by atoms with Crippen LogP contribution in [0.1, 0.15) is 48.5 Å². The standard InChI is InChI=1S/C20H21F3N2O4/c1-11-5-6-14-7-8-16(19(28)29)25(14)18(27)15(9-11)24-17(26)12-3-2-4-13(10-12)20(21,22)23/h2-5,10,14-16H,6-9H2,1H3,(H,24,26)(H,28,29)/t14-,15-,16-/m0/s1. The summed E-state index contributed by atoms with van der Waals surface area (Å²) in [6, 6.07) is 1.66. The van der Waals surface area contributed by atoms with E-state index < -0.39 is 41.6 Å². The van der Waals surface area contributed by atoms with Gasteiger partial charge in [0.1, 0.15) is 12.1 Å². The van der Waals surface area contributed by atoms with Crippen molar-refractivity contribution in [3.05, 3.63) is 47.0 Å². The molecule has 0 aliphatic carbocycles. The minimum Gasteiger partial charge on any atom is -0.480 e. The number of nitrogens with zero attached hydrogens (tertiary/aromatic N) is 1. The van der Waals surface area contributed by atoms with Crippen molar-refractivity contribution < 1.29 is 32.7 Å². The third-order valence-corrected chi connectivity index (χ3v) is 5.36. The Balaban J connectivity index is 1.85. The Morgan fingerprint density at radius 3 is 2.62 bits per heavy atom. The molecule has 2 heterocycles. The van der Waals surface area contributed by atoms with Gasteiger partial charge in [0, 0.05) is 11.6 Å². The summed E-state index contributed by atoms with van der Waals surface area (Å²) in [5, 5.41) is 11.9. The van der Waals surface area contributed by atoms with Gasteiger partial charge in [-0.1, -0.05) is 17.7 Å². The van der Waals surface area contributed by atoms with Gasteiger partial charge in [-0.25, -0.2) is 4.79 Å². The molecule has 9 heteroatoms. The Morgan fingerprint density at radius 1 is 1.24 bits per heavy atom. The molecule has 1 aromatic rings. The molecule has 0 radical (unpaired) electrons. The van der Waals surface area contributed by atoms with E-state index in [0.29, 0.717) is 19.3 Å². The van der Waals surface area contributed by atoms with Gasteiger partial charge in [0.05, 0.1) is 5.56 Å². The third-order valence-electron chi connectivity index (χ3n) is 5.36. The Hall–Kier alpha value is -2.84. The second-order valence-corrected chi connectivity index (χ2v) is 7.43. The van der Waals surface area contributed by atoms with E-state index in [1.807, 2.05) is 6.08 Å². The molecule has 1 fully saturated rings. The minimum absolute atomic E-state index is 0.166. The Kier molecular flexibility index (Phi) is 5.68. The van der Waals surface area contributed by atoms with Crippen LogP contribution in [-0.4, -0.2) is 45.9 Å². The average Bonchev–Trinajstić information content (AvgIpc) is 3.07. The normalized spacial score (nSPS) is 25.0. The molecular weight excluding hydrogens is 389 g/mol. The molecule has 2 aliphatic rings. The van der Waals surface area contributed by atoms with E-state index in [1.54, 1.807) is 6.92 Å².